The number of anilines is 1. The van der Waals surface area contributed by atoms with Gasteiger partial charge in [0.05, 0.1) is 16.3 Å². The number of aromatic nitrogens is 2. The minimum absolute atomic E-state index is 0.0518. The molecule has 3 nitrogen and oxygen atoms in total. The highest BCUT2D eigenvalue weighted by atomic mass is 35.5. The van der Waals surface area contributed by atoms with Gasteiger partial charge in [0.1, 0.15) is 5.82 Å². The van der Waals surface area contributed by atoms with Crippen molar-refractivity contribution in [2.75, 3.05) is 5.73 Å². The summed E-state index contributed by atoms with van der Waals surface area (Å²) in [7, 11) is 0. The maximum atomic E-state index is 14.3. The number of nitrogens with one attached hydrogen (secondary N) is 1. The van der Waals surface area contributed by atoms with E-state index in [1.54, 1.807) is 12.1 Å². The van der Waals surface area contributed by atoms with Gasteiger partial charge in [0.2, 0.25) is 0 Å². The molecule has 1 fully saturated rings. The van der Waals surface area contributed by atoms with E-state index in [1.165, 1.54) is 25.3 Å². The van der Waals surface area contributed by atoms with Crippen molar-refractivity contribution >= 4 is 17.4 Å². The number of hydrogen-bond donors (Lipinski definition) is 2. The Hall–Kier alpha value is -1.55. The van der Waals surface area contributed by atoms with Crippen LogP contribution in [0.15, 0.2) is 18.2 Å². The predicted octanol–water partition coefficient (Wildman–Crippen LogP) is 4.67. The molecule has 0 saturated heterocycles. The molecule has 0 aliphatic heterocycles. The van der Waals surface area contributed by atoms with Crippen LogP contribution in [0, 0.1) is 5.82 Å². The molecule has 1 aliphatic rings. The first-order valence-corrected chi connectivity index (χ1v) is 7.69. The van der Waals surface area contributed by atoms with Gasteiger partial charge in [0.15, 0.2) is 5.82 Å². The molecule has 21 heavy (non-hydrogen) atoms. The Balaban J connectivity index is 2.18. The predicted molar refractivity (Wildman–Crippen MR) is 83.8 cm³/mol. The van der Waals surface area contributed by atoms with E-state index in [-0.39, 0.29) is 11.2 Å². The molecule has 1 aliphatic carbocycles. The fourth-order valence-electron chi connectivity index (χ4n) is 3.36. The summed E-state index contributed by atoms with van der Waals surface area (Å²) in [6.45, 7) is 2.19. The van der Waals surface area contributed by atoms with E-state index in [0.29, 0.717) is 22.0 Å². The molecule has 1 saturated carbocycles. The van der Waals surface area contributed by atoms with E-state index in [0.717, 1.165) is 18.5 Å². The van der Waals surface area contributed by atoms with Crippen LogP contribution in [-0.4, -0.2) is 10.2 Å². The first-order valence-electron chi connectivity index (χ1n) is 7.31. The number of rotatable bonds is 2. The van der Waals surface area contributed by atoms with E-state index >= 15 is 0 Å². The van der Waals surface area contributed by atoms with Crippen molar-refractivity contribution in [2.24, 2.45) is 0 Å². The van der Waals surface area contributed by atoms with E-state index in [2.05, 4.69) is 17.1 Å². The molecule has 0 atom stereocenters. The van der Waals surface area contributed by atoms with Crippen LogP contribution in [-0.2, 0) is 5.41 Å². The third kappa shape index (κ3) is 2.42. The number of nitrogens with zero attached hydrogens (tertiary/aromatic N) is 1. The zero-order valence-corrected chi connectivity index (χ0v) is 12.8. The molecule has 2 aromatic rings. The van der Waals surface area contributed by atoms with E-state index in [9.17, 15) is 4.39 Å². The molecule has 1 heterocycles. The van der Waals surface area contributed by atoms with Gasteiger partial charge in [-0.3, -0.25) is 5.10 Å². The third-order valence-electron chi connectivity index (χ3n) is 4.57. The van der Waals surface area contributed by atoms with Gasteiger partial charge in [0, 0.05) is 11.0 Å². The van der Waals surface area contributed by atoms with Gasteiger partial charge in [0.25, 0.3) is 0 Å². The van der Waals surface area contributed by atoms with Gasteiger partial charge in [-0.05, 0) is 25.0 Å². The van der Waals surface area contributed by atoms with Crippen molar-refractivity contribution in [3.05, 3.63) is 34.7 Å². The molecule has 0 bridgehead atoms. The Bertz CT molecular complexity index is 639. The molecule has 5 heteroatoms. The Morgan fingerprint density at radius 2 is 1.95 bits per heavy atom. The SMILES string of the molecule is CC1(c2[nH]nc(N)c2-c2c(F)cccc2Cl)CCCCC1. The van der Waals surface area contributed by atoms with Crippen LogP contribution >= 0.6 is 11.6 Å². The molecular weight excluding hydrogens is 289 g/mol. The summed E-state index contributed by atoms with van der Waals surface area (Å²) in [6, 6.07) is 4.68. The van der Waals surface area contributed by atoms with Crippen molar-refractivity contribution in [2.45, 2.75) is 44.4 Å². The Morgan fingerprint density at radius 1 is 1.24 bits per heavy atom. The van der Waals surface area contributed by atoms with E-state index in [4.69, 9.17) is 17.3 Å². The standard InChI is InChI=1S/C16H19ClFN3/c1-16(8-3-2-4-9-16)14-13(15(19)21-20-14)12-10(17)6-5-7-11(12)18/h5-7H,2-4,8-9H2,1H3,(H3,19,20,21). The largest absolute Gasteiger partial charge is 0.382 e. The van der Waals surface area contributed by atoms with Gasteiger partial charge in [-0.25, -0.2) is 4.39 Å². The quantitative estimate of drug-likeness (QED) is 0.847. The van der Waals surface area contributed by atoms with Gasteiger partial charge >= 0.3 is 0 Å². The molecule has 3 N–H and O–H groups in total. The summed E-state index contributed by atoms with van der Waals surface area (Å²) in [5.41, 5.74) is 7.85. The van der Waals surface area contributed by atoms with E-state index in [1.807, 2.05) is 0 Å². The monoisotopic (exact) mass is 307 g/mol. The summed E-state index contributed by atoms with van der Waals surface area (Å²) < 4.78 is 14.3. The average Bonchev–Trinajstić information content (AvgIpc) is 2.82. The summed E-state index contributed by atoms with van der Waals surface area (Å²) in [6.07, 6.45) is 5.68. The molecule has 0 spiro atoms. The lowest BCUT2D eigenvalue weighted by atomic mass is 9.72. The third-order valence-corrected chi connectivity index (χ3v) is 4.88. The minimum atomic E-state index is -0.365. The molecular formula is C16H19ClFN3. The lowest BCUT2D eigenvalue weighted by Crippen LogP contribution is -2.26. The fraction of sp³-hybridized carbons (Fsp3) is 0.438. The molecule has 112 valence electrons. The minimum Gasteiger partial charge on any atom is -0.382 e. The fourth-order valence-corrected chi connectivity index (χ4v) is 3.62. The highest BCUT2D eigenvalue weighted by molar-refractivity contribution is 6.33. The summed E-state index contributed by atoms with van der Waals surface area (Å²) in [4.78, 5) is 0. The highest BCUT2D eigenvalue weighted by Gasteiger charge is 2.35. The number of benzene rings is 1. The highest BCUT2D eigenvalue weighted by Crippen LogP contribution is 2.45. The van der Waals surface area contributed by atoms with Crippen LogP contribution in [0.4, 0.5) is 10.2 Å². The number of halogens is 2. The normalized spacial score (nSPS) is 17.9. The topological polar surface area (TPSA) is 54.7 Å². The maximum absolute atomic E-state index is 14.3. The van der Waals surface area contributed by atoms with Crippen molar-refractivity contribution in [3.63, 3.8) is 0 Å². The smallest absolute Gasteiger partial charge is 0.153 e. The van der Waals surface area contributed by atoms with Crippen molar-refractivity contribution in [1.82, 2.24) is 10.2 Å². The van der Waals surface area contributed by atoms with Gasteiger partial charge in [-0.15, -0.1) is 0 Å². The van der Waals surface area contributed by atoms with E-state index < -0.39 is 0 Å². The second-order valence-corrected chi connectivity index (χ2v) is 6.48. The second kappa shape index (κ2) is 5.34. The molecule has 0 unspecified atom stereocenters. The second-order valence-electron chi connectivity index (χ2n) is 6.08. The van der Waals surface area contributed by atoms with Crippen LogP contribution in [0.5, 0.6) is 0 Å². The zero-order valence-electron chi connectivity index (χ0n) is 12.0. The van der Waals surface area contributed by atoms with Crippen molar-refractivity contribution < 1.29 is 4.39 Å². The van der Waals surface area contributed by atoms with Gasteiger partial charge in [-0.1, -0.05) is 43.9 Å². The maximum Gasteiger partial charge on any atom is 0.153 e. The van der Waals surface area contributed by atoms with Crippen LogP contribution < -0.4 is 5.73 Å². The summed E-state index contributed by atoms with van der Waals surface area (Å²) in [5.74, 6) is -0.0555. The number of hydrogen-bond acceptors (Lipinski definition) is 2. The lowest BCUT2D eigenvalue weighted by molar-refractivity contribution is 0.312. The number of nitrogen functional groups attached to an aromatic ring is 1. The van der Waals surface area contributed by atoms with Crippen LogP contribution in [0.25, 0.3) is 11.1 Å². The molecule has 0 amide bonds. The zero-order chi connectivity index (χ0) is 15.0. The summed E-state index contributed by atoms with van der Waals surface area (Å²) >= 11 is 6.21. The van der Waals surface area contributed by atoms with Gasteiger partial charge in [-0.2, -0.15) is 5.10 Å². The molecule has 1 aromatic carbocycles. The lowest BCUT2D eigenvalue weighted by Gasteiger charge is -2.33. The number of aromatic amines is 1. The first-order chi connectivity index (χ1) is 10.0. The van der Waals surface area contributed by atoms with Crippen LogP contribution in [0.1, 0.15) is 44.7 Å². The summed E-state index contributed by atoms with van der Waals surface area (Å²) in [5, 5.41) is 7.52. The number of nitrogens with two attached hydrogens (primary N) is 1. The molecule has 3 rings (SSSR count). The molecule has 1 aromatic heterocycles. The Labute approximate surface area is 128 Å². The number of H-pyrrole nitrogens is 1. The Morgan fingerprint density at radius 3 is 2.62 bits per heavy atom. The molecule has 0 radical (unpaired) electrons. The average molecular weight is 308 g/mol. The Kier molecular flexibility index (Phi) is 3.66. The van der Waals surface area contributed by atoms with Crippen molar-refractivity contribution in [3.8, 4) is 11.1 Å². The first kappa shape index (κ1) is 14.4. The van der Waals surface area contributed by atoms with Crippen LogP contribution in [0.3, 0.4) is 0 Å². The van der Waals surface area contributed by atoms with Gasteiger partial charge < -0.3 is 5.73 Å². The van der Waals surface area contributed by atoms with Crippen LogP contribution in [0.2, 0.25) is 5.02 Å². The van der Waals surface area contributed by atoms with Crippen molar-refractivity contribution in [1.29, 1.82) is 0 Å².